The Kier molecular flexibility index (Phi) is 4.81. The van der Waals surface area contributed by atoms with Gasteiger partial charge in [-0.1, -0.05) is 34.8 Å². The minimum atomic E-state index is -0.156. The third-order valence-electron chi connectivity index (χ3n) is 2.55. The van der Waals surface area contributed by atoms with E-state index in [0.717, 1.165) is 0 Å². The molecule has 2 N–H and O–H groups in total. The molecular formula is C13H11Cl3N2O2. The van der Waals surface area contributed by atoms with E-state index in [4.69, 9.17) is 45.3 Å². The zero-order valence-corrected chi connectivity index (χ0v) is 12.5. The van der Waals surface area contributed by atoms with E-state index < -0.39 is 0 Å². The number of ether oxygens (including phenoxy) is 1. The van der Waals surface area contributed by atoms with Crippen LogP contribution in [0.2, 0.25) is 15.1 Å². The van der Waals surface area contributed by atoms with Crippen molar-refractivity contribution in [2.24, 2.45) is 0 Å². The van der Waals surface area contributed by atoms with E-state index in [1.165, 1.54) is 22.8 Å². The molecule has 106 valence electrons. The third kappa shape index (κ3) is 3.60. The van der Waals surface area contributed by atoms with Gasteiger partial charge < -0.3 is 15.0 Å². The number of nitrogen functional groups attached to an aromatic ring is 1. The number of anilines is 1. The number of halogens is 3. The van der Waals surface area contributed by atoms with Crippen molar-refractivity contribution in [3.8, 4) is 5.75 Å². The number of rotatable bonds is 4. The van der Waals surface area contributed by atoms with Crippen molar-refractivity contribution in [3.05, 3.63) is 55.9 Å². The van der Waals surface area contributed by atoms with Crippen LogP contribution in [0.3, 0.4) is 0 Å². The number of nitrogens with zero attached hydrogens (tertiary/aromatic N) is 1. The first kappa shape index (κ1) is 15.0. The van der Waals surface area contributed by atoms with Crippen LogP contribution in [0.25, 0.3) is 0 Å². The lowest BCUT2D eigenvalue weighted by molar-refractivity contribution is 0.297. The number of aromatic nitrogens is 1. The highest BCUT2D eigenvalue weighted by Gasteiger charge is 2.09. The largest absolute Gasteiger partial charge is 0.489 e. The second kappa shape index (κ2) is 6.39. The third-order valence-corrected chi connectivity index (χ3v) is 3.33. The number of pyridine rings is 1. The summed E-state index contributed by atoms with van der Waals surface area (Å²) in [6.45, 7) is 0.559. The van der Waals surface area contributed by atoms with Crippen molar-refractivity contribution in [2.45, 2.75) is 6.54 Å². The van der Waals surface area contributed by atoms with Gasteiger partial charge in [0.25, 0.3) is 5.56 Å². The molecule has 0 amide bonds. The highest BCUT2D eigenvalue weighted by molar-refractivity contribution is 6.40. The molecule has 20 heavy (non-hydrogen) atoms. The molecule has 0 aliphatic heterocycles. The van der Waals surface area contributed by atoms with Gasteiger partial charge in [-0.15, -0.1) is 0 Å². The zero-order chi connectivity index (χ0) is 14.7. The zero-order valence-electron chi connectivity index (χ0n) is 10.3. The van der Waals surface area contributed by atoms with Crippen molar-refractivity contribution >= 4 is 40.5 Å². The maximum Gasteiger partial charge on any atom is 0.250 e. The molecule has 1 aromatic heterocycles. The molecule has 7 heteroatoms. The predicted octanol–water partition coefficient (Wildman–Crippen LogP) is 3.47. The first-order valence-corrected chi connectivity index (χ1v) is 6.84. The summed E-state index contributed by atoms with van der Waals surface area (Å²) >= 11 is 17.8. The predicted molar refractivity (Wildman–Crippen MR) is 82.1 cm³/mol. The van der Waals surface area contributed by atoms with Gasteiger partial charge in [0, 0.05) is 23.0 Å². The van der Waals surface area contributed by atoms with Gasteiger partial charge in [-0.3, -0.25) is 4.79 Å². The second-order valence-electron chi connectivity index (χ2n) is 4.04. The van der Waals surface area contributed by atoms with Gasteiger partial charge in [-0.05, 0) is 18.2 Å². The molecule has 0 spiro atoms. The number of hydrogen-bond acceptors (Lipinski definition) is 3. The van der Waals surface area contributed by atoms with E-state index in [2.05, 4.69) is 0 Å². The van der Waals surface area contributed by atoms with Gasteiger partial charge in [0.1, 0.15) is 6.61 Å². The summed E-state index contributed by atoms with van der Waals surface area (Å²) < 4.78 is 6.95. The van der Waals surface area contributed by atoms with Gasteiger partial charge in [-0.2, -0.15) is 0 Å². The number of nitrogens with two attached hydrogens (primary N) is 1. The summed E-state index contributed by atoms with van der Waals surface area (Å²) in [6, 6.07) is 6.03. The van der Waals surface area contributed by atoms with Crippen molar-refractivity contribution in [2.75, 3.05) is 12.3 Å². The number of hydrogen-bond donors (Lipinski definition) is 1. The monoisotopic (exact) mass is 332 g/mol. The highest BCUT2D eigenvalue weighted by Crippen LogP contribution is 2.35. The van der Waals surface area contributed by atoms with Gasteiger partial charge in [0.15, 0.2) is 5.75 Å². The van der Waals surface area contributed by atoms with Crippen LogP contribution >= 0.6 is 34.8 Å². The molecule has 2 aromatic rings. The van der Waals surface area contributed by atoms with Crippen molar-refractivity contribution in [1.29, 1.82) is 0 Å². The molecule has 4 nitrogen and oxygen atoms in total. The fraction of sp³-hybridized carbons (Fsp3) is 0.154. The highest BCUT2D eigenvalue weighted by atomic mass is 35.5. The molecule has 0 aliphatic carbocycles. The molecular weight excluding hydrogens is 323 g/mol. The fourth-order valence-corrected chi connectivity index (χ4v) is 2.56. The first-order chi connectivity index (χ1) is 9.47. The standard InChI is InChI=1S/C13H11Cl3N2O2/c14-8-5-10(15)13(11(16)6-8)20-4-3-18-7-9(17)1-2-12(18)19/h1-2,5-7H,3-4,17H2. The topological polar surface area (TPSA) is 57.2 Å². The van der Waals surface area contributed by atoms with Crippen LogP contribution in [-0.2, 0) is 6.54 Å². The SMILES string of the molecule is Nc1ccc(=O)n(CCOc2c(Cl)cc(Cl)cc2Cl)c1. The Balaban J connectivity index is 2.07. The fourth-order valence-electron chi connectivity index (χ4n) is 1.64. The van der Waals surface area contributed by atoms with Crippen LogP contribution in [0.5, 0.6) is 5.75 Å². The normalized spacial score (nSPS) is 10.6. The smallest absolute Gasteiger partial charge is 0.250 e. The van der Waals surface area contributed by atoms with Crippen LogP contribution in [0.4, 0.5) is 5.69 Å². The van der Waals surface area contributed by atoms with E-state index in [1.54, 1.807) is 12.3 Å². The Morgan fingerprint density at radius 3 is 2.45 bits per heavy atom. The van der Waals surface area contributed by atoms with Gasteiger partial charge in [-0.25, -0.2) is 0 Å². The molecule has 1 aromatic carbocycles. The Morgan fingerprint density at radius 1 is 1.15 bits per heavy atom. The van der Waals surface area contributed by atoms with E-state index in [1.807, 2.05) is 0 Å². The summed E-state index contributed by atoms with van der Waals surface area (Å²) in [5, 5.41) is 1.07. The lowest BCUT2D eigenvalue weighted by atomic mass is 10.3. The molecule has 0 radical (unpaired) electrons. The first-order valence-electron chi connectivity index (χ1n) is 5.70. The summed E-state index contributed by atoms with van der Waals surface area (Å²) in [4.78, 5) is 11.6. The molecule has 0 atom stereocenters. The molecule has 0 saturated heterocycles. The quantitative estimate of drug-likeness (QED) is 0.932. The van der Waals surface area contributed by atoms with Crippen molar-refractivity contribution < 1.29 is 4.74 Å². The van der Waals surface area contributed by atoms with E-state index in [-0.39, 0.29) is 12.2 Å². The summed E-state index contributed by atoms with van der Waals surface area (Å²) in [6.07, 6.45) is 1.55. The minimum absolute atomic E-state index is 0.156. The van der Waals surface area contributed by atoms with Gasteiger partial charge in [0.2, 0.25) is 0 Å². The molecule has 0 saturated carbocycles. The van der Waals surface area contributed by atoms with Crippen molar-refractivity contribution in [1.82, 2.24) is 4.57 Å². The summed E-state index contributed by atoms with van der Waals surface area (Å²) in [5.41, 5.74) is 5.97. The Bertz CT molecular complexity index is 663. The van der Waals surface area contributed by atoms with Crippen LogP contribution < -0.4 is 16.0 Å². The Hall–Kier alpha value is -1.36. The van der Waals surface area contributed by atoms with Crippen LogP contribution in [-0.4, -0.2) is 11.2 Å². The van der Waals surface area contributed by atoms with Gasteiger partial charge in [0.05, 0.1) is 16.6 Å². The van der Waals surface area contributed by atoms with Crippen LogP contribution in [0.15, 0.2) is 35.3 Å². The number of benzene rings is 1. The molecule has 0 unspecified atom stereocenters. The minimum Gasteiger partial charge on any atom is -0.489 e. The molecule has 0 fully saturated rings. The molecule has 2 rings (SSSR count). The Morgan fingerprint density at radius 2 is 1.80 bits per heavy atom. The average Bonchev–Trinajstić information content (AvgIpc) is 2.36. The second-order valence-corrected chi connectivity index (χ2v) is 5.29. The lowest BCUT2D eigenvalue weighted by Gasteiger charge is -2.11. The molecule has 0 aliphatic rings. The molecule has 1 heterocycles. The molecule has 0 bridgehead atoms. The van der Waals surface area contributed by atoms with Crippen molar-refractivity contribution in [3.63, 3.8) is 0 Å². The van der Waals surface area contributed by atoms with Crippen LogP contribution in [0.1, 0.15) is 0 Å². The van der Waals surface area contributed by atoms with E-state index in [0.29, 0.717) is 33.0 Å². The maximum absolute atomic E-state index is 11.6. The maximum atomic E-state index is 11.6. The Labute approximate surface area is 130 Å². The lowest BCUT2D eigenvalue weighted by Crippen LogP contribution is -2.22. The van der Waals surface area contributed by atoms with Gasteiger partial charge >= 0.3 is 0 Å². The summed E-state index contributed by atoms with van der Waals surface area (Å²) in [7, 11) is 0. The van der Waals surface area contributed by atoms with Crippen LogP contribution in [0, 0.1) is 0 Å². The summed E-state index contributed by atoms with van der Waals surface area (Å²) in [5.74, 6) is 0.342. The van der Waals surface area contributed by atoms with E-state index >= 15 is 0 Å². The van der Waals surface area contributed by atoms with E-state index in [9.17, 15) is 4.79 Å². The average molecular weight is 334 g/mol.